The third kappa shape index (κ3) is 3.34. The standard InChI is InChI=1S/C20H13F2N3O2S/c21-13-8-15-18(25-19(26)12-5-1-2-6-14(12)28-15)17(22)16(13)20(27)24-10-11-4-3-7-23-9-11/h1-9H,10H2,(H,24,27)(H,25,26). The van der Waals surface area contributed by atoms with Crippen LogP contribution < -0.4 is 10.6 Å². The number of hydrogen-bond acceptors (Lipinski definition) is 4. The van der Waals surface area contributed by atoms with Gasteiger partial charge in [-0.05, 0) is 29.8 Å². The summed E-state index contributed by atoms with van der Waals surface area (Å²) < 4.78 is 29.6. The minimum Gasteiger partial charge on any atom is -0.348 e. The van der Waals surface area contributed by atoms with Gasteiger partial charge >= 0.3 is 0 Å². The van der Waals surface area contributed by atoms with Gasteiger partial charge in [0.15, 0.2) is 5.82 Å². The second-order valence-electron chi connectivity index (χ2n) is 6.02. The summed E-state index contributed by atoms with van der Waals surface area (Å²) in [6.07, 6.45) is 3.12. The predicted octanol–water partition coefficient (Wildman–Crippen LogP) is 4.01. The number of carbonyl (C=O) groups excluding carboxylic acids is 2. The van der Waals surface area contributed by atoms with E-state index in [9.17, 15) is 14.0 Å². The van der Waals surface area contributed by atoms with Crippen LogP contribution in [0.3, 0.4) is 0 Å². The van der Waals surface area contributed by atoms with Gasteiger partial charge in [-0.25, -0.2) is 8.78 Å². The number of anilines is 1. The highest BCUT2D eigenvalue weighted by Crippen LogP contribution is 2.41. The first-order valence-electron chi connectivity index (χ1n) is 8.32. The van der Waals surface area contributed by atoms with Crippen molar-refractivity contribution >= 4 is 29.3 Å². The average Bonchev–Trinajstić information content (AvgIpc) is 2.84. The Morgan fingerprint density at radius 1 is 1.14 bits per heavy atom. The molecule has 140 valence electrons. The molecule has 1 aromatic heterocycles. The van der Waals surface area contributed by atoms with Gasteiger partial charge in [-0.15, -0.1) is 0 Å². The smallest absolute Gasteiger partial charge is 0.257 e. The van der Waals surface area contributed by atoms with E-state index in [2.05, 4.69) is 15.6 Å². The Bertz CT molecular complexity index is 1090. The second-order valence-corrected chi connectivity index (χ2v) is 7.10. The lowest BCUT2D eigenvalue weighted by Gasteiger charge is -2.13. The molecule has 28 heavy (non-hydrogen) atoms. The topological polar surface area (TPSA) is 71.1 Å². The van der Waals surface area contributed by atoms with Gasteiger partial charge in [-0.3, -0.25) is 14.6 Å². The Hall–Kier alpha value is -3.26. The minimum absolute atomic E-state index is 0.0647. The lowest BCUT2D eigenvalue weighted by Crippen LogP contribution is -2.26. The molecule has 1 aliphatic heterocycles. The summed E-state index contributed by atoms with van der Waals surface area (Å²) in [5.74, 6) is -3.54. The third-order valence-corrected chi connectivity index (χ3v) is 5.29. The molecule has 2 aromatic carbocycles. The van der Waals surface area contributed by atoms with Crippen LogP contribution in [0.5, 0.6) is 0 Å². The number of amides is 2. The van der Waals surface area contributed by atoms with Crippen molar-refractivity contribution in [3.05, 3.63) is 83.2 Å². The van der Waals surface area contributed by atoms with Gasteiger partial charge < -0.3 is 10.6 Å². The van der Waals surface area contributed by atoms with E-state index >= 15 is 4.39 Å². The van der Waals surface area contributed by atoms with Gasteiger partial charge in [0.05, 0.1) is 11.3 Å². The maximum atomic E-state index is 15.0. The van der Waals surface area contributed by atoms with E-state index in [1.54, 1.807) is 42.6 Å². The first-order valence-corrected chi connectivity index (χ1v) is 9.13. The fourth-order valence-electron chi connectivity index (χ4n) is 2.82. The van der Waals surface area contributed by atoms with Crippen LogP contribution in [0.4, 0.5) is 14.5 Å². The molecule has 8 heteroatoms. The van der Waals surface area contributed by atoms with Crippen LogP contribution in [0.15, 0.2) is 64.6 Å². The van der Waals surface area contributed by atoms with E-state index < -0.39 is 29.0 Å². The van der Waals surface area contributed by atoms with Crippen molar-refractivity contribution in [3.8, 4) is 0 Å². The molecule has 0 bridgehead atoms. The van der Waals surface area contributed by atoms with Crippen LogP contribution in [-0.4, -0.2) is 16.8 Å². The summed E-state index contributed by atoms with van der Waals surface area (Å²) in [5.41, 5.74) is 0.0884. The normalized spacial score (nSPS) is 12.4. The second kappa shape index (κ2) is 7.40. The summed E-state index contributed by atoms with van der Waals surface area (Å²) in [5, 5.41) is 4.92. The molecule has 0 unspecified atom stereocenters. The van der Waals surface area contributed by atoms with Crippen molar-refractivity contribution in [1.82, 2.24) is 10.3 Å². The van der Waals surface area contributed by atoms with Crippen LogP contribution in [0.25, 0.3) is 0 Å². The lowest BCUT2D eigenvalue weighted by atomic mass is 10.1. The Morgan fingerprint density at radius 2 is 1.96 bits per heavy atom. The molecule has 3 aromatic rings. The highest BCUT2D eigenvalue weighted by molar-refractivity contribution is 7.99. The highest BCUT2D eigenvalue weighted by Gasteiger charge is 2.28. The number of fused-ring (bicyclic) bond motifs is 2. The maximum absolute atomic E-state index is 15.0. The van der Waals surface area contributed by atoms with Crippen LogP contribution >= 0.6 is 11.8 Å². The number of nitrogens with zero attached hydrogens (tertiary/aromatic N) is 1. The quantitative estimate of drug-likeness (QED) is 0.701. The maximum Gasteiger partial charge on any atom is 0.257 e. The summed E-state index contributed by atoms with van der Waals surface area (Å²) >= 11 is 1.06. The largest absolute Gasteiger partial charge is 0.348 e. The Labute approximate surface area is 163 Å². The molecular formula is C20H13F2N3O2S. The van der Waals surface area contributed by atoms with Crippen LogP contribution in [-0.2, 0) is 6.54 Å². The summed E-state index contributed by atoms with van der Waals surface area (Å²) in [4.78, 5) is 29.5. The lowest BCUT2D eigenvalue weighted by molar-refractivity contribution is 0.0940. The molecule has 0 saturated carbocycles. The zero-order chi connectivity index (χ0) is 19.7. The number of aromatic nitrogens is 1. The Balaban J connectivity index is 1.67. The van der Waals surface area contributed by atoms with E-state index in [1.165, 1.54) is 6.20 Å². The van der Waals surface area contributed by atoms with E-state index in [1.807, 2.05) is 0 Å². The Morgan fingerprint density at radius 3 is 2.75 bits per heavy atom. The molecule has 0 radical (unpaired) electrons. The van der Waals surface area contributed by atoms with Crippen molar-refractivity contribution in [2.24, 2.45) is 0 Å². The Kier molecular flexibility index (Phi) is 4.79. The van der Waals surface area contributed by atoms with Gasteiger partial charge in [0.1, 0.15) is 11.4 Å². The molecule has 2 N–H and O–H groups in total. The number of carbonyl (C=O) groups is 2. The number of nitrogens with one attached hydrogen (secondary N) is 2. The van der Waals surface area contributed by atoms with Gasteiger partial charge in [0, 0.05) is 28.7 Å². The molecule has 0 spiro atoms. The monoisotopic (exact) mass is 397 g/mol. The fraction of sp³-hybridized carbons (Fsp3) is 0.0500. The van der Waals surface area contributed by atoms with Crippen molar-refractivity contribution in [2.75, 3.05) is 5.32 Å². The zero-order valence-electron chi connectivity index (χ0n) is 14.3. The van der Waals surface area contributed by atoms with E-state index in [0.29, 0.717) is 16.0 Å². The van der Waals surface area contributed by atoms with E-state index in [-0.39, 0.29) is 17.1 Å². The summed E-state index contributed by atoms with van der Waals surface area (Å²) in [7, 11) is 0. The number of halogens is 2. The molecule has 0 aliphatic carbocycles. The fourth-order valence-corrected chi connectivity index (χ4v) is 3.88. The van der Waals surface area contributed by atoms with Crippen molar-refractivity contribution in [1.29, 1.82) is 0 Å². The van der Waals surface area contributed by atoms with Crippen molar-refractivity contribution in [3.63, 3.8) is 0 Å². The van der Waals surface area contributed by atoms with Crippen LogP contribution in [0.1, 0.15) is 26.3 Å². The number of hydrogen-bond donors (Lipinski definition) is 2. The van der Waals surface area contributed by atoms with Crippen LogP contribution in [0, 0.1) is 11.6 Å². The molecule has 0 atom stereocenters. The zero-order valence-corrected chi connectivity index (χ0v) is 15.1. The van der Waals surface area contributed by atoms with Gasteiger partial charge in [0.2, 0.25) is 0 Å². The van der Waals surface area contributed by atoms with E-state index in [4.69, 9.17) is 0 Å². The van der Waals surface area contributed by atoms with Gasteiger partial charge in [-0.2, -0.15) is 0 Å². The van der Waals surface area contributed by atoms with Crippen molar-refractivity contribution in [2.45, 2.75) is 16.3 Å². The van der Waals surface area contributed by atoms with Crippen LogP contribution in [0.2, 0.25) is 0 Å². The van der Waals surface area contributed by atoms with Gasteiger partial charge in [-0.1, -0.05) is 30.0 Å². The molecule has 5 nitrogen and oxygen atoms in total. The molecule has 0 fully saturated rings. The molecule has 1 aliphatic rings. The molecule has 4 rings (SSSR count). The molecular weight excluding hydrogens is 384 g/mol. The van der Waals surface area contributed by atoms with E-state index in [0.717, 1.165) is 17.8 Å². The molecule has 2 heterocycles. The number of pyridine rings is 1. The third-order valence-electron chi connectivity index (χ3n) is 4.18. The average molecular weight is 397 g/mol. The van der Waals surface area contributed by atoms with Gasteiger partial charge in [0.25, 0.3) is 11.8 Å². The summed E-state index contributed by atoms with van der Waals surface area (Å²) in [6, 6.07) is 11.2. The van der Waals surface area contributed by atoms with Crippen molar-refractivity contribution < 1.29 is 18.4 Å². The SMILES string of the molecule is O=C1Nc2c(cc(F)c(C(=O)NCc3cccnc3)c2F)Sc2ccccc21. The minimum atomic E-state index is -1.10. The highest BCUT2D eigenvalue weighted by atomic mass is 32.2. The predicted molar refractivity (Wildman–Crippen MR) is 100 cm³/mol. The first kappa shape index (κ1) is 18.1. The first-order chi connectivity index (χ1) is 13.5. The molecule has 2 amide bonds. The summed E-state index contributed by atoms with van der Waals surface area (Å²) in [6.45, 7) is 0.0647. The number of rotatable bonds is 3. The molecule has 0 saturated heterocycles. The number of benzene rings is 2.